The van der Waals surface area contributed by atoms with Crippen LogP contribution < -0.4 is 10.1 Å². The van der Waals surface area contributed by atoms with Crippen LogP contribution >= 0.6 is 11.6 Å². The van der Waals surface area contributed by atoms with Crippen LogP contribution in [0.4, 0.5) is 0 Å². The van der Waals surface area contributed by atoms with Crippen molar-refractivity contribution < 1.29 is 19.4 Å². The van der Waals surface area contributed by atoms with E-state index in [1.54, 1.807) is 30.3 Å². The number of carbonyl (C=O) groups is 2. The van der Waals surface area contributed by atoms with Crippen molar-refractivity contribution in [3.05, 3.63) is 58.2 Å². The molecule has 0 unspecified atom stereocenters. The zero-order chi connectivity index (χ0) is 19.9. The van der Waals surface area contributed by atoms with Gasteiger partial charge in [-0.15, -0.1) is 0 Å². The summed E-state index contributed by atoms with van der Waals surface area (Å²) in [6.45, 7) is 0.403. The van der Waals surface area contributed by atoms with Crippen LogP contribution in [0.1, 0.15) is 58.4 Å². The minimum atomic E-state index is -0.959. The summed E-state index contributed by atoms with van der Waals surface area (Å²) < 4.78 is 5.98. The van der Waals surface area contributed by atoms with E-state index in [9.17, 15) is 9.59 Å². The van der Waals surface area contributed by atoms with E-state index in [0.717, 1.165) is 31.2 Å². The average molecular weight is 403 g/mol. The van der Waals surface area contributed by atoms with Gasteiger partial charge >= 0.3 is 5.97 Å². The van der Waals surface area contributed by atoms with Crippen molar-refractivity contribution in [3.63, 3.8) is 0 Å². The van der Waals surface area contributed by atoms with Crippen molar-refractivity contribution in [2.75, 3.05) is 6.54 Å². The number of benzene rings is 1. The first-order valence-electron chi connectivity index (χ1n) is 9.45. The second kappa shape index (κ2) is 9.55. The van der Waals surface area contributed by atoms with Gasteiger partial charge in [-0.2, -0.15) is 0 Å². The van der Waals surface area contributed by atoms with E-state index in [1.165, 1.54) is 12.6 Å². The van der Waals surface area contributed by atoms with Crippen molar-refractivity contribution >= 4 is 23.5 Å². The normalized spacial score (nSPS) is 14.5. The molecule has 7 heteroatoms. The topological polar surface area (TPSA) is 88.5 Å². The van der Waals surface area contributed by atoms with Crippen LogP contribution in [0.5, 0.6) is 5.88 Å². The average Bonchev–Trinajstić information content (AvgIpc) is 2.70. The maximum atomic E-state index is 12.6. The Morgan fingerprint density at radius 3 is 2.57 bits per heavy atom. The van der Waals surface area contributed by atoms with Crippen molar-refractivity contribution in [2.24, 2.45) is 0 Å². The Bertz CT molecular complexity index is 833. The molecule has 148 valence electrons. The number of aromatic nitrogens is 1. The van der Waals surface area contributed by atoms with Gasteiger partial charge in [-0.05, 0) is 55.9 Å². The van der Waals surface area contributed by atoms with Crippen LogP contribution in [0, 0.1) is 0 Å². The van der Waals surface area contributed by atoms with Crippen molar-refractivity contribution in [1.82, 2.24) is 10.3 Å². The van der Waals surface area contributed by atoms with Crippen LogP contribution in [-0.4, -0.2) is 34.6 Å². The molecule has 6 nitrogen and oxygen atoms in total. The molecule has 1 heterocycles. The molecule has 1 aromatic heterocycles. The lowest BCUT2D eigenvalue weighted by Crippen LogP contribution is -2.28. The van der Waals surface area contributed by atoms with Gasteiger partial charge in [-0.3, -0.25) is 4.79 Å². The summed E-state index contributed by atoms with van der Waals surface area (Å²) in [5.74, 6) is -0.929. The van der Waals surface area contributed by atoms with Crippen LogP contribution in [0.3, 0.4) is 0 Å². The van der Waals surface area contributed by atoms with Crippen molar-refractivity contribution in [3.8, 4) is 5.88 Å². The monoisotopic (exact) mass is 402 g/mol. The summed E-state index contributed by atoms with van der Waals surface area (Å²) >= 11 is 6.03. The summed E-state index contributed by atoms with van der Waals surface area (Å²) in [4.78, 5) is 27.7. The number of nitrogens with one attached hydrogen (secondary N) is 1. The SMILES string of the molecule is O=C(O)c1ccc(CCNC(=O)c2cc(Cl)cnc2OC2CCCCC2)cc1. The molecule has 3 rings (SSSR count). The third-order valence-electron chi connectivity index (χ3n) is 4.79. The summed E-state index contributed by atoms with van der Waals surface area (Å²) in [7, 11) is 0. The minimum Gasteiger partial charge on any atom is -0.478 e. The lowest BCUT2D eigenvalue weighted by molar-refractivity contribution is 0.0696. The molecule has 2 N–H and O–H groups in total. The number of aromatic carboxylic acids is 1. The third kappa shape index (κ3) is 5.45. The molecule has 28 heavy (non-hydrogen) atoms. The Morgan fingerprint density at radius 2 is 1.89 bits per heavy atom. The lowest BCUT2D eigenvalue weighted by Gasteiger charge is -2.23. The van der Waals surface area contributed by atoms with Gasteiger partial charge in [0.25, 0.3) is 5.91 Å². The summed E-state index contributed by atoms with van der Waals surface area (Å²) in [5, 5.41) is 12.2. The highest BCUT2D eigenvalue weighted by molar-refractivity contribution is 6.30. The maximum absolute atomic E-state index is 12.6. The Hall–Kier alpha value is -2.60. The first-order chi connectivity index (χ1) is 13.5. The molecule has 1 amide bonds. The number of carboxylic acid groups (broad SMARTS) is 1. The predicted octanol–water partition coefficient (Wildman–Crippen LogP) is 4.12. The molecule has 0 saturated heterocycles. The second-order valence-corrected chi connectivity index (χ2v) is 7.33. The highest BCUT2D eigenvalue weighted by Gasteiger charge is 2.20. The number of hydrogen-bond acceptors (Lipinski definition) is 4. The zero-order valence-electron chi connectivity index (χ0n) is 15.5. The Labute approximate surface area is 168 Å². The predicted molar refractivity (Wildman–Crippen MR) is 106 cm³/mol. The zero-order valence-corrected chi connectivity index (χ0v) is 16.2. The summed E-state index contributed by atoms with van der Waals surface area (Å²) in [5.41, 5.74) is 1.51. The fourth-order valence-electron chi connectivity index (χ4n) is 3.25. The number of nitrogens with zero attached hydrogens (tertiary/aromatic N) is 1. The molecule has 0 atom stereocenters. The van der Waals surface area contributed by atoms with E-state index in [4.69, 9.17) is 21.4 Å². The molecular weight excluding hydrogens is 380 g/mol. The highest BCUT2D eigenvalue weighted by Crippen LogP contribution is 2.26. The van der Waals surface area contributed by atoms with Gasteiger partial charge in [0.2, 0.25) is 5.88 Å². The second-order valence-electron chi connectivity index (χ2n) is 6.89. The number of pyridine rings is 1. The molecule has 1 fully saturated rings. The molecular formula is C21H23ClN2O4. The van der Waals surface area contributed by atoms with Crippen LogP contribution in [-0.2, 0) is 6.42 Å². The van der Waals surface area contributed by atoms with E-state index in [2.05, 4.69) is 10.3 Å². The quantitative estimate of drug-likeness (QED) is 0.727. The van der Waals surface area contributed by atoms with E-state index >= 15 is 0 Å². The fraction of sp³-hybridized carbons (Fsp3) is 0.381. The number of carboxylic acids is 1. The van der Waals surface area contributed by atoms with E-state index in [-0.39, 0.29) is 17.6 Å². The number of halogens is 1. The van der Waals surface area contributed by atoms with Gasteiger partial charge < -0.3 is 15.2 Å². The van der Waals surface area contributed by atoms with Crippen molar-refractivity contribution in [2.45, 2.75) is 44.6 Å². The number of amides is 1. The molecule has 1 aliphatic rings. The van der Waals surface area contributed by atoms with Crippen molar-refractivity contribution in [1.29, 1.82) is 0 Å². The first kappa shape index (κ1) is 20.1. The number of ether oxygens (including phenoxy) is 1. The van der Waals surface area contributed by atoms with Gasteiger partial charge in [0.15, 0.2) is 0 Å². The third-order valence-corrected chi connectivity index (χ3v) is 5.00. The molecule has 1 aliphatic carbocycles. The van der Waals surface area contributed by atoms with Crippen LogP contribution in [0.2, 0.25) is 5.02 Å². The molecule has 0 aliphatic heterocycles. The molecule has 1 saturated carbocycles. The first-order valence-corrected chi connectivity index (χ1v) is 9.83. The Balaban J connectivity index is 1.59. The van der Waals surface area contributed by atoms with E-state index in [1.807, 2.05) is 0 Å². The molecule has 0 radical (unpaired) electrons. The molecule has 0 bridgehead atoms. The van der Waals surface area contributed by atoms with E-state index < -0.39 is 5.97 Å². The maximum Gasteiger partial charge on any atom is 0.335 e. The summed E-state index contributed by atoms with van der Waals surface area (Å²) in [6, 6.07) is 8.17. The minimum absolute atomic E-state index is 0.0849. The van der Waals surface area contributed by atoms with Gasteiger partial charge in [0, 0.05) is 12.7 Å². The lowest BCUT2D eigenvalue weighted by atomic mass is 9.98. The standard InChI is InChI=1S/C21H23ClN2O4/c22-16-12-18(20(24-13-16)28-17-4-2-1-3-5-17)19(25)23-11-10-14-6-8-15(9-7-14)21(26)27/h6-9,12-13,17H,1-5,10-11H2,(H,23,25)(H,26,27). The highest BCUT2D eigenvalue weighted by atomic mass is 35.5. The number of carbonyl (C=O) groups excluding carboxylic acids is 1. The largest absolute Gasteiger partial charge is 0.478 e. The Kier molecular flexibility index (Phi) is 6.87. The van der Waals surface area contributed by atoms with Gasteiger partial charge in [0.1, 0.15) is 11.7 Å². The van der Waals surface area contributed by atoms with Crippen LogP contribution in [0.25, 0.3) is 0 Å². The number of hydrogen-bond donors (Lipinski definition) is 2. The van der Waals surface area contributed by atoms with E-state index in [0.29, 0.717) is 29.4 Å². The summed E-state index contributed by atoms with van der Waals surface area (Å²) in [6.07, 6.45) is 7.56. The number of rotatable bonds is 7. The molecule has 2 aromatic rings. The Morgan fingerprint density at radius 1 is 1.18 bits per heavy atom. The fourth-order valence-corrected chi connectivity index (χ4v) is 3.41. The molecule has 0 spiro atoms. The smallest absolute Gasteiger partial charge is 0.335 e. The van der Waals surface area contributed by atoms with Gasteiger partial charge in [-0.25, -0.2) is 9.78 Å². The van der Waals surface area contributed by atoms with Crippen LogP contribution in [0.15, 0.2) is 36.5 Å². The van der Waals surface area contributed by atoms with Gasteiger partial charge in [0.05, 0.1) is 10.6 Å². The molecule has 1 aromatic carbocycles. The van der Waals surface area contributed by atoms with Gasteiger partial charge in [-0.1, -0.05) is 30.2 Å².